The van der Waals surface area contributed by atoms with Gasteiger partial charge in [0.2, 0.25) is 0 Å². The summed E-state index contributed by atoms with van der Waals surface area (Å²) in [5.74, 6) is -0.554. The number of fused-ring (bicyclic) bond motifs is 1. The maximum Gasteiger partial charge on any atom is 0.170 e. The summed E-state index contributed by atoms with van der Waals surface area (Å²) in [7, 11) is 1.50. The van der Waals surface area contributed by atoms with E-state index in [0.29, 0.717) is 16.5 Å². The summed E-state index contributed by atoms with van der Waals surface area (Å²) < 4.78 is 19.0. The molecule has 0 atom stereocenters. The molecule has 2 aromatic rings. The molecule has 0 aliphatic heterocycles. The molecule has 19 heavy (non-hydrogen) atoms. The normalized spacial score (nSPS) is 10.5. The van der Waals surface area contributed by atoms with Gasteiger partial charge in [0.15, 0.2) is 5.78 Å². The molecule has 0 aliphatic carbocycles. The largest absolute Gasteiger partial charge is 0.497 e. The van der Waals surface area contributed by atoms with Gasteiger partial charge in [0, 0.05) is 10.9 Å². The minimum atomic E-state index is -0.497. The van der Waals surface area contributed by atoms with Crippen molar-refractivity contribution in [2.24, 2.45) is 0 Å². The van der Waals surface area contributed by atoms with Crippen molar-refractivity contribution in [3.63, 3.8) is 0 Å². The highest BCUT2D eigenvalue weighted by Gasteiger charge is 2.12. The Kier molecular flexibility index (Phi) is 3.60. The summed E-state index contributed by atoms with van der Waals surface area (Å²) in [6.45, 7) is 1.33. The zero-order valence-electron chi connectivity index (χ0n) is 10.7. The number of ketones is 2. The first-order valence-electron chi connectivity index (χ1n) is 5.81. The van der Waals surface area contributed by atoms with E-state index in [1.165, 1.54) is 14.0 Å². The van der Waals surface area contributed by atoms with Crippen LogP contribution in [0.5, 0.6) is 5.75 Å². The van der Waals surface area contributed by atoms with Gasteiger partial charge in [0.25, 0.3) is 0 Å². The summed E-state index contributed by atoms with van der Waals surface area (Å²) in [6.07, 6.45) is -0.207. The van der Waals surface area contributed by atoms with Gasteiger partial charge in [-0.25, -0.2) is 4.39 Å². The van der Waals surface area contributed by atoms with E-state index in [1.54, 1.807) is 24.3 Å². The van der Waals surface area contributed by atoms with Gasteiger partial charge in [-0.15, -0.1) is 0 Å². The lowest BCUT2D eigenvalue weighted by molar-refractivity contribution is -0.116. The monoisotopic (exact) mass is 260 g/mol. The van der Waals surface area contributed by atoms with Crippen molar-refractivity contribution in [3.8, 4) is 5.75 Å². The standard InChI is InChI=1S/C15H13FO3/c1-9(17)5-15(18)11-6-10-3-4-12(19-2)8-13(10)14(16)7-11/h3-4,6-8H,5H2,1-2H3. The van der Waals surface area contributed by atoms with Crippen molar-refractivity contribution < 1.29 is 18.7 Å². The third-order valence-electron chi connectivity index (χ3n) is 2.84. The second-order valence-corrected chi connectivity index (χ2v) is 4.35. The minimum absolute atomic E-state index is 0.207. The maximum absolute atomic E-state index is 14.0. The predicted molar refractivity (Wildman–Crippen MR) is 70.1 cm³/mol. The fraction of sp³-hybridized carbons (Fsp3) is 0.200. The Bertz CT molecular complexity index is 662. The molecule has 4 heteroatoms. The van der Waals surface area contributed by atoms with Crippen LogP contribution in [0.4, 0.5) is 4.39 Å². The van der Waals surface area contributed by atoms with E-state index in [-0.39, 0.29) is 23.6 Å². The first-order chi connectivity index (χ1) is 9.01. The Morgan fingerprint density at radius 3 is 2.58 bits per heavy atom. The molecule has 0 N–H and O–H groups in total. The molecule has 0 saturated carbocycles. The average Bonchev–Trinajstić information content (AvgIpc) is 2.37. The predicted octanol–water partition coefficient (Wildman–Crippen LogP) is 3.15. The summed E-state index contributed by atoms with van der Waals surface area (Å²) >= 11 is 0. The third-order valence-corrected chi connectivity index (χ3v) is 2.84. The Balaban J connectivity index is 2.50. The zero-order chi connectivity index (χ0) is 14.0. The third kappa shape index (κ3) is 2.78. The molecule has 0 aromatic heterocycles. The summed E-state index contributed by atoms with van der Waals surface area (Å²) in [5.41, 5.74) is 0.213. The highest BCUT2D eigenvalue weighted by atomic mass is 19.1. The lowest BCUT2D eigenvalue weighted by Gasteiger charge is -2.06. The number of benzene rings is 2. The van der Waals surface area contributed by atoms with Gasteiger partial charge in [-0.3, -0.25) is 9.59 Å². The minimum Gasteiger partial charge on any atom is -0.497 e. The van der Waals surface area contributed by atoms with Crippen molar-refractivity contribution in [1.82, 2.24) is 0 Å². The summed E-state index contributed by atoms with van der Waals surface area (Å²) in [4.78, 5) is 22.7. The molecule has 0 spiro atoms. The van der Waals surface area contributed by atoms with Gasteiger partial charge >= 0.3 is 0 Å². The number of hydrogen-bond acceptors (Lipinski definition) is 3. The molecular formula is C15H13FO3. The molecule has 98 valence electrons. The Labute approximate surface area is 110 Å². The van der Waals surface area contributed by atoms with Crippen molar-refractivity contribution in [1.29, 1.82) is 0 Å². The van der Waals surface area contributed by atoms with Crippen molar-refractivity contribution in [3.05, 3.63) is 41.7 Å². The van der Waals surface area contributed by atoms with Crippen molar-refractivity contribution in [2.75, 3.05) is 7.11 Å². The van der Waals surface area contributed by atoms with Crippen LogP contribution in [0.3, 0.4) is 0 Å². The van der Waals surface area contributed by atoms with Crippen LogP contribution in [0.2, 0.25) is 0 Å². The quantitative estimate of drug-likeness (QED) is 0.626. The van der Waals surface area contributed by atoms with Gasteiger partial charge in [0.1, 0.15) is 17.3 Å². The Hall–Kier alpha value is -2.23. The highest BCUT2D eigenvalue weighted by Crippen LogP contribution is 2.25. The Morgan fingerprint density at radius 2 is 1.95 bits per heavy atom. The van der Waals surface area contributed by atoms with Crippen LogP contribution in [0.1, 0.15) is 23.7 Å². The molecule has 0 unspecified atom stereocenters. The number of Topliss-reactive ketones (excluding diaryl/α,β-unsaturated/α-hetero) is 2. The second-order valence-electron chi connectivity index (χ2n) is 4.35. The molecule has 2 rings (SSSR count). The highest BCUT2D eigenvalue weighted by molar-refractivity contribution is 6.08. The lowest BCUT2D eigenvalue weighted by atomic mass is 10.0. The van der Waals surface area contributed by atoms with Crippen LogP contribution >= 0.6 is 0 Å². The first-order valence-corrected chi connectivity index (χ1v) is 5.81. The molecule has 0 bridgehead atoms. The van der Waals surface area contributed by atoms with E-state index in [0.717, 1.165) is 6.07 Å². The number of rotatable bonds is 4. The SMILES string of the molecule is COc1ccc2cc(C(=O)CC(C)=O)cc(F)c2c1. The molecule has 0 amide bonds. The number of halogens is 1. The van der Waals surface area contributed by atoms with E-state index in [4.69, 9.17) is 4.74 Å². The molecule has 0 radical (unpaired) electrons. The van der Waals surface area contributed by atoms with E-state index in [9.17, 15) is 14.0 Å². The summed E-state index contributed by atoms with van der Waals surface area (Å²) in [5, 5.41) is 0.992. The topological polar surface area (TPSA) is 43.4 Å². The van der Waals surface area contributed by atoms with Crippen LogP contribution in [0.15, 0.2) is 30.3 Å². The fourth-order valence-corrected chi connectivity index (χ4v) is 1.91. The molecule has 0 heterocycles. The van der Waals surface area contributed by atoms with Crippen molar-refractivity contribution >= 4 is 22.3 Å². The Morgan fingerprint density at radius 1 is 1.21 bits per heavy atom. The average molecular weight is 260 g/mol. The van der Waals surface area contributed by atoms with E-state index in [1.807, 2.05) is 0 Å². The van der Waals surface area contributed by atoms with Crippen LogP contribution in [-0.4, -0.2) is 18.7 Å². The van der Waals surface area contributed by atoms with Crippen LogP contribution < -0.4 is 4.74 Å². The second kappa shape index (κ2) is 5.18. The number of methoxy groups -OCH3 is 1. The van der Waals surface area contributed by atoms with Gasteiger partial charge in [-0.05, 0) is 36.6 Å². The van der Waals surface area contributed by atoms with E-state index >= 15 is 0 Å². The van der Waals surface area contributed by atoms with Crippen LogP contribution in [0, 0.1) is 5.82 Å². The smallest absolute Gasteiger partial charge is 0.170 e. The first kappa shape index (κ1) is 13.2. The number of hydrogen-bond donors (Lipinski definition) is 0. The fourth-order valence-electron chi connectivity index (χ4n) is 1.91. The lowest BCUT2D eigenvalue weighted by Crippen LogP contribution is -2.05. The molecule has 2 aromatic carbocycles. The molecule has 0 saturated heterocycles. The molecule has 0 fully saturated rings. The van der Waals surface area contributed by atoms with E-state index < -0.39 is 5.82 Å². The maximum atomic E-state index is 14.0. The summed E-state index contributed by atoms with van der Waals surface area (Å²) in [6, 6.07) is 7.70. The molecule has 0 aliphatic rings. The molecular weight excluding hydrogens is 247 g/mol. The van der Waals surface area contributed by atoms with Gasteiger partial charge in [-0.1, -0.05) is 6.07 Å². The van der Waals surface area contributed by atoms with Crippen molar-refractivity contribution in [2.45, 2.75) is 13.3 Å². The van der Waals surface area contributed by atoms with Gasteiger partial charge in [0.05, 0.1) is 13.5 Å². The van der Waals surface area contributed by atoms with E-state index in [2.05, 4.69) is 0 Å². The number of carbonyl (C=O) groups excluding carboxylic acids is 2. The number of ether oxygens (including phenoxy) is 1. The number of carbonyl (C=O) groups is 2. The van der Waals surface area contributed by atoms with Crippen LogP contribution in [-0.2, 0) is 4.79 Å². The zero-order valence-corrected chi connectivity index (χ0v) is 10.7. The van der Waals surface area contributed by atoms with Crippen LogP contribution in [0.25, 0.3) is 10.8 Å². The molecule has 3 nitrogen and oxygen atoms in total. The van der Waals surface area contributed by atoms with Gasteiger partial charge < -0.3 is 4.74 Å². The van der Waals surface area contributed by atoms with Gasteiger partial charge in [-0.2, -0.15) is 0 Å².